The van der Waals surface area contributed by atoms with E-state index in [1.165, 1.54) is 18.3 Å². The summed E-state index contributed by atoms with van der Waals surface area (Å²) in [5.74, 6) is -0.360. The first-order valence-corrected chi connectivity index (χ1v) is 8.31. The van der Waals surface area contributed by atoms with E-state index >= 15 is 0 Å². The number of nitrogens with zero attached hydrogens (tertiary/aromatic N) is 2. The molecule has 4 aromatic rings. The fourth-order valence-corrected chi connectivity index (χ4v) is 2.83. The minimum Gasteiger partial charge on any atom is -0.372 e. The molecule has 6 nitrogen and oxygen atoms in total. The molecule has 0 radical (unpaired) electrons. The third-order valence-electron chi connectivity index (χ3n) is 4.16. The number of hydrogen-bond donors (Lipinski definition) is 3. The van der Waals surface area contributed by atoms with Crippen molar-refractivity contribution in [3.63, 3.8) is 0 Å². The zero-order chi connectivity index (χ0) is 18.8. The maximum atomic E-state index is 14.1. The van der Waals surface area contributed by atoms with Crippen molar-refractivity contribution in [2.75, 3.05) is 17.7 Å². The van der Waals surface area contributed by atoms with Gasteiger partial charge in [-0.2, -0.15) is 0 Å². The second kappa shape index (κ2) is 6.87. The predicted octanol–water partition coefficient (Wildman–Crippen LogP) is 4.06. The van der Waals surface area contributed by atoms with Gasteiger partial charge in [-0.05, 0) is 42.5 Å². The number of nitrogens with one attached hydrogen (secondary N) is 3. The van der Waals surface area contributed by atoms with Gasteiger partial charge in [-0.25, -0.2) is 9.37 Å². The van der Waals surface area contributed by atoms with Crippen LogP contribution in [0.4, 0.5) is 15.9 Å². The van der Waals surface area contributed by atoms with E-state index in [0.29, 0.717) is 22.8 Å². The van der Waals surface area contributed by atoms with E-state index in [4.69, 9.17) is 0 Å². The molecule has 2 aromatic carbocycles. The minimum absolute atomic E-state index is 0.204. The number of benzene rings is 2. The molecule has 1 amide bonds. The molecule has 0 unspecified atom stereocenters. The Kier molecular flexibility index (Phi) is 4.25. The maximum Gasteiger partial charge on any atom is 0.255 e. The summed E-state index contributed by atoms with van der Waals surface area (Å²) in [6.07, 6.45) is 4.92. The quantitative estimate of drug-likeness (QED) is 0.512. The fourth-order valence-electron chi connectivity index (χ4n) is 2.83. The van der Waals surface area contributed by atoms with Crippen LogP contribution in [0.2, 0.25) is 0 Å². The monoisotopic (exact) mass is 361 g/mol. The van der Waals surface area contributed by atoms with Gasteiger partial charge >= 0.3 is 0 Å². The lowest BCUT2D eigenvalue weighted by molar-refractivity contribution is 0.102. The summed E-state index contributed by atoms with van der Waals surface area (Å²) < 4.78 is 14.1. The molecule has 0 spiro atoms. The van der Waals surface area contributed by atoms with Gasteiger partial charge in [-0.3, -0.25) is 9.78 Å². The summed E-state index contributed by atoms with van der Waals surface area (Å²) in [4.78, 5) is 24.1. The number of rotatable bonds is 4. The van der Waals surface area contributed by atoms with Crippen LogP contribution in [0.5, 0.6) is 0 Å². The first-order valence-electron chi connectivity index (χ1n) is 8.31. The molecule has 2 heterocycles. The number of aromatic nitrogens is 3. The van der Waals surface area contributed by atoms with Gasteiger partial charge in [0.2, 0.25) is 0 Å². The van der Waals surface area contributed by atoms with Crippen molar-refractivity contribution >= 4 is 28.3 Å². The van der Waals surface area contributed by atoms with E-state index in [0.717, 1.165) is 10.9 Å². The molecule has 4 rings (SSSR count). The molecular weight excluding hydrogens is 345 g/mol. The highest BCUT2D eigenvalue weighted by Crippen LogP contribution is 2.23. The molecule has 0 fully saturated rings. The first kappa shape index (κ1) is 16.7. The lowest BCUT2D eigenvalue weighted by Crippen LogP contribution is -2.12. The van der Waals surface area contributed by atoms with Crippen molar-refractivity contribution in [3.8, 4) is 11.3 Å². The van der Waals surface area contributed by atoms with Crippen LogP contribution in [0.25, 0.3) is 22.2 Å². The van der Waals surface area contributed by atoms with Gasteiger partial charge in [0.05, 0.1) is 18.1 Å². The summed E-state index contributed by atoms with van der Waals surface area (Å²) in [5.41, 5.74) is 2.77. The number of fused-ring (bicyclic) bond motifs is 1. The van der Waals surface area contributed by atoms with Crippen LogP contribution in [0.1, 0.15) is 10.4 Å². The number of H-pyrrole nitrogens is 1. The van der Waals surface area contributed by atoms with Crippen molar-refractivity contribution < 1.29 is 9.18 Å². The Hall–Kier alpha value is -3.74. The third kappa shape index (κ3) is 3.48. The second-order valence-corrected chi connectivity index (χ2v) is 6.00. The number of amides is 1. The predicted molar refractivity (Wildman–Crippen MR) is 103 cm³/mol. The van der Waals surface area contributed by atoms with E-state index in [-0.39, 0.29) is 5.56 Å². The van der Waals surface area contributed by atoms with Gasteiger partial charge in [0.25, 0.3) is 5.91 Å². The van der Waals surface area contributed by atoms with Crippen LogP contribution in [0, 0.1) is 5.82 Å². The highest BCUT2D eigenvalue weighted by atomic mass is 19.1. The summed E-state index contributed by atoms with van der Waals surface area (Å²) in [6, 6.07) is 11.6. The number of hydrogen-bond acceptors (Lipinski definition) is 4. The van der Waals surface area contributed by atoms with E-state index in [1.54, 1.807) is 25.4 Å². The molecule has 3 N–H and O–H groups in total. The van der Waals surface area contributed by atoms with Gasteiger partial charge in [0, 0.05) is 41.0 Å². The molecule has 0 saturated heterocycles. The third-order valence-corrected chi connectivity index (χ3v) is 4.16. The standard InChI is InChI=1S/C20H16FN5O/c1-22-19-11-23-10-18(26-19)13-6-14(8-15(21)7-13)20(27)25-16-2-3-17-12(9-16)4-5-24-17/h2-11,24H,1H3,(H,22,26)(H,25,27). The Morgan fingerprint density at radius 2 is 2.00 bits per heavy atom. The van der Waals surface area contributed by atoms with Crippen LogP contribution in [-0.4, -0.2) is 27.9 Å². The van der Waals surface area contributed by atoms with E-state index in [9.17, 15) is 9.18 Å². The Bertz CT molecular complexity index is 1140. The Morgan fingerprint density at radius 3 is 2.85 bits per heavy atom. The molecule has 0 atom stereocenters. The molecule has 0 aliphatic rings. The fraction of sp³-hybridized carbons (Fsp3) is 0.0500. The summed E-state index contributed by atoms with van der Waals surface area (Å²) in [5, 5.41) is 6.66. The normalized spacial score (nSPS) is 10.7. The molecule has 0 bridgehead atoms. The zero-order valence-corrected chi connectivity index (χ0v) is 14.5. The molecule has 27 heavy (non-hydrogen) atoms. The van der Waals surface area contributed by atoms with Crippen molar-refractivity contribution in [2.24, 2.45) is 0 Å². The Morgan fingerprint density at radius 1 is 1.11 bits per heavy atom. The summed E-state index contributed by atoms with van der Waals surface area (Å²) >= 11 is 0. The van der Waals surface area contributed by atoms with Gasteiger partial charge in [-0.1, -0.05) is 0 Å². The number of aromatic amines is 1. The lowest BCUT2D eigenvalue weighted by atomic mass is 10.1. The maximum absolute atomic E-state index is 14.1. The molecule has 0 saturated carbocycles. The SMILES string of the molecule is CNc1cncc(-c2cc(F)cc(C(=O)Nc3ccc4[nH]ccc4c3)c2)n1. The summed E-state index contributed by atoms with van der Waals surface area (Å²) in [6.45, 7) is 0. The first-order chi connectivity index (χ1) is 13.1. The van der Waals surface area contributed by atoms with Crippen LogP contribution in [0.15, 0.2) is 61.1 Å². The highest BCUT2D eigenvalue weighted by molar-refractivity contribution is 6.05. The zero-order valence-electron chi connectivity index (χ0n) is 14.5. The van der Waals surface area contributed by atoms with Gasteiger partial charge in [-0.15, -0.1) is 0 Å². The highest BCUT2D eigenvalue weighted by Gasteiger charge is 2.12. The number of anilines is 2. The Labute approximate surface area is 154 Å². The van der Waals surface area contributed by atoms with Crippen LogP contribution >= 0.6 is 0 Å². The summed E-state index contributed by atoms with van der Waals surface area (Å²) in [7, 11) is 1.72. The van der Waals surface area contributed by atoms with Crippen molar-refractivity contribution in [3.05, 3.63) is 72.4 Å². The van der Waals surface area contributed by atoms with Crippen LogP contribution in [-0.2, 0) is 0 Å². The average molecular weight is 361 g/mol. The van der Waals surface area contributed by atoms with Crippen molar-refractivity contribution in [2.45, 2.75) is 0 Å². The second-order valence-electron chi connectivity index (χ2n) is 6.00. The van der Waals surface area contributed by atoms with Gasteiger partial charge in [0.1, 0.15) is 11.6 Å². The largest absolute Gasteiger partial charge is 0.372 e. The molecule has 7 heteroatoms. The van der Waals surface area contributed by atoms with Crippen LogP contribution < -0.4 is 10.6 Å². The molecule has 2 aromatic heterocycles. The average Bonchev–Trinajstić information content (AvgIpc) is 3.15. The molecule has 0 aliphatic carbocycles. The smallest absolute Gasteiger partial charge is 0.255 e. The van der Waals surface area contributed by atoms with Gasteiger partial charge in [0.15, 0.2) is 0 Å². The lowest BCUT2D eigenvalue weighted by Gasteiger charge is -2.08. The van der Waals surface area contributed by atoms with Crippen molar-refractivity contribution in [1.82, 2.24) is 15.0 Å². The number of halogens is 1. The van der Waals surface area contributed by atoms with Crippen LogP contribution in [0.3, 0.4) is 0 Å². The molecule has 0 aliphatic heterocycles. The minimum atomic E-state index is -0.518. The van der Waals surface area contributed by atoms with E-state index in [1.807, 2.05) is 24.4 Å². The topological polar surface area (TPSA) is 82.7 Å². The van der Waals surface area contributed by atoms with E-state index in [2.05, 4.69) is 25.6 Å². The number of carbonyl (C=O) groups excluding carboxylic acids is 1. The van der Waals surface area contributed by atoms with Gasteiger partial charge < -0.3 is 15.6 Å². The van der Waals surface area contributed by atoms with E-state index < -0.39 is 11.7 Å². The number of carbonyl (C=O) groups is 1. The molecule has 134 valence electrons. The molecular formula is C20H16FN5O. The van der Waals surface area contributed by atoms with Crippen molar-refractivity contribution in [1.29, 1.82) is 0 Å². The Balaban J connectivity index is 1.64.